The van der Waals surface area contributed by atoms with Gasteiger partial charge in [0.15, 0.2) is 0 Å². The summed E-state index contributed by atoms with van der Waals surface area (Å²) in [6.07, 6.45) is -1.11. The van der Waals surface area contributed by atoms with Gasteiger partial charge >= 0.3 is 118 Å². The van der Waals surface area contributed by atoms with Crippen molar-refractivity contribution in [2.24, 2.45) is 0 Å². The molecular formula is C8H9NNa4O9. The molecule has 0 spiro atoms. The Bertz CT molecular complexity index is 339. The summed E-state index contributed by atoms with van der Waals surface area (Å²) in [4.78, 5) is 41.7. The summed E-state index contributed by atoms with van der Waals surface area (Å²) in [5.41, 5.74) is 0. The number of carbonyl (C=O) groups excluding carboxylic acids is 4. The summed E-state index contributed by atoms with van der Waals surface area (Å²) in [7, 11) is 0. The number of aliphatic carboxylic acids is 4. The zero-order valence-electron chi connectivity index (χ0n) is 12.9. The van der Waals surface area contributed by atoms with Crippen molar-refractivity contribution in [1.29, 1.82) is 0 Å². The van der Waals surface area contributed by atoms with Crippen molar-refractivity contribution in [3.63, 3.8) is 0 Å². The van der Waals surface area contributed by atoms with Crippen LogP contribution in [0.25, 0.3) is 0 Å². The van der Waals surface area contributed by atoms with Crippen LogP contribution in [0.15, 0.2) is 0 Å². The largest absolute Gasteiger partial charge is 1.00 e. The van der Waals surface area contributed by atoms with Crippen LogP contribution in [0.4, 0.5) is 0 Å². The number of rotatable bonds is 8. The smallest absolute Gasteiger partial charge is 0.550 e. The van der Waals surface area contributed by atoms with Crippen LogP contribution < -0.4 is 139 Å². The Morgan fingerprint density at radius 1 is 0.727 bits per heavy atom. The van der Waals surface area contributed by atoms with Crippen LogP contribution in [0.5, 0.6) is 0 Å². The average Bonchev–Trinajstić information content (AvgIpc) is 2.10. The Kier molecular flexibility index (Phi) is 37.0. The van der Waals surface area contributed by atoms with Gasteiger partial charge in [-0.25, -0.2) is 0 Å². The van der Waals surface area contributed by atoms with E-state index in [2.05, 4.69) is 0 Å². The summed E-state index contributed by atoms with van der Waals surface area (Å²) in [5.74, 6) is -7.26. The Morgan fingerprint density at radius 2 is 1.05 bits per heavy atom. The van der Waals surface area contributed by atoms with Gasteiger partial charge in [-0.2, -0.15) is 0 Å². The second-order valence-corrected chi connectivity index (χ2v) is 3.06. The first-order valence-electron chi connectivity index (χ1n) is 4.28. The molecule has 0 aliphatic rings. The molecule has 0 radical (unpaired) electrons. The molecule has 0 aromatic heterocycles. The van der Waals surface area contributed by atoms with Gasteiger partial charge in [0.2, 0.25) is 0 Å². The molecule has 0 rings (SSSR count). The van der Waals surface area contributed by atoms with Crippen LogP contribution in [0.2, 0.25) is 0 Å². The normalized spacial score (nSPS) is 9.32. The first-order chi connectivity index (χ1) is 7.73. The van der Waals surface area contributed by atoms with Gasteiger partial charge in [0.05, 0.1) is 23.9 Å². The number of carboxylic acid groups (broad SMARTS) is 4. The molecule has 1 atom stereocenters. The monoisotopic (exact) mass is 355 g/mol. The molecule has 0 bridgehead atoms. The first kappa shape index (κ1) is 39.0. The zero-order valence-corrected chi connectivity index (χ0v) is 20.9. The molecule has 2 N–H and O–H groups in total. The van der Waals surface area contributed by atoms with Crippen LogP contribution in [0.1, 0.15) is 6.42 Å². The van der Waals surface area contributed by atoms with Crippen molar-refractivity contribution in [1.82, 2.24) is 4.90 Å². The molecule has 22 heavy (non-hydrogen) atoms. The molecule has 0 fully saturated rings. The Balaban J connectivity index is -0.000000128. The summed E-state index contributed by atoms with van der Waals surface area (Å²) in [6.45, 7) is -2.17. The molecule has 0 aromatic carbocycles. The van der Waals surface area contributed by atoms with E-state index < -0.39 is 49.4 Å². The predicted octanol–water partition coefficient (Wildman–Crippen LogP) is -19.8. The third kappa shape index (κ3) is 19.8. The van der Waals surface area contributed by atoms with Crippen LogP contribution >= 0.6 is 0 Å². The molecule has 0 heterocycles. The first-order valence-corrected chi connectivity index (χ1v) is 4.28. The van der Waals surface area contributed by atoms with E-state index in [0.717, 1.165) is 0 Å². The fraction of sp³-hybridized carbons (Fsp3) is 0.500. The number of carboxylic acids is 4. The van der Waals surface area contributed by atoms with Gasteiger partial charge < -0.3 is 45.1 Å². The van der Waals surface area contributed by atoms with Gasteiger partial charge in [0, 0.05) is 25.5 Å². The number of nitrogens with zero attached hydrogens (tertiary/aromatic N) is 1. The molecule has 0 saturated carbocycles. The van der Waals surface area contributed by atoms with Crippen molar-refractivity contribution >= 4 is 23.9 Å². The van der Waals surface area contributed by atoms with E-state index in [1.807, 2.05) is 0 Å². The maximum Gasteiger partial charge on any atom is 1.00 e. The van der Waals surface area contributed by atoms with Crippen molar-refractivity contribution in [2.75, 3.05) is 13.1 Å². The van der Waals surface area contributed by atoms with E-state index >= 15 is 0 Å². The van der Waals surface area contributed by atoms with Crippen LogP contribution in [0.3, 0.4) is 0 Å². The van der Waals surface area contributed by atoms with E-state index in [0.29, 0.717) is 4.90 Å². The zero-order chi connectivity index (χ0) is 13.6. The minimum absolute atomic E-state index is 0. The molecule has 10 nitrogen and oxygen atoms in total. The fourth-order valence-electron chi connectivity index (χ4n) is 1.13. The Labute approximate surface area is 214 Å². The molecule has 104 valence electrons. The van der Waals surface area contributed by atoms with Crippen molar-refractivity contribution in [2.45, 2.75) is 12.5 Å². The molecule has 0 unspecified atom stereocenters. The molecule has 0 amide bonds. The topological polar surface area (TPSA) is 195 Å². The van der Waals surface area contributed by atoms with Gasteiger partial charge in [-0.1, -0.05) is 0 Å². The maximum absolute atomic E-state index is 10.6. The van der Waals surface area contributed by atoms with Crippen molar-refractivity contribution in [3.05, 3.63) is 0 Å². The van der Waals surface area contributed by atoms with Crippen LogP contribution in [0, 0.1) is 0 Å². The van der Waals surface area contributed by atoms with E-state index in [9.17, 15) is 39.6 Å². The van der Waals surface area contributed by atoms with Crippen molar-refractivity contribution < 1.29 is 163 Å². The second-order valence-electron chi connectivity index (χ2n) is 3.06. The van der Waals surface area contributed by atoms with Crippen LogP contribution in [-0.2, 0) is 19.2 Å². The fourth-order valence-corrected chi connectivity index (χ4v) is 1.13. The molecular weight excluding hydrogens is 346 g/mol. The van der Waals surface area contributed by atoms with Crippen molar-refractivity contribution in [3.8, 4) is 0 Å². The summed E-state index contributed by atoms with van der Waals surface area (Å²) in [6, 6.07) is -1.95. The minimum Gasteiger partial charge on any atom is -0.550 e. The second kappa shape index (κ2) is 20.8. The summed E-state index contributed by atoms with van der Waals surface area (Å²) < 4.78 is 0. The SMILES string of the molecule is O.O=C([O-])C[C@@H](C(=O)[O-])N(CC(=O)[O-])CC(=O)[O-].[Na+].[Na+].[Na+].[Na+]. The number of hydrogen-bond donors (Lipinski definition) is 0. The quantitative estimate of drug-likeness (QED) is 0.380. The minimum atomic E-state index is -1.95. The van der Waals surface area contributed by atoms with E-state index in [-0.39, 0.29) is 124 Å². The van der Waals surface area contributed by atoms with Gasteiger partial charge in [0.25, 0.3) is 0 Å². The standard InChI is InChI=1S/C8H11NO8.4Na.H2O/c10-5(11)1-4(8(16)17)9(2-6(12)13)3-7(14)15;;;;;/h4H,1-3H2,(H,10,11)(H,12,13)(H,14,15)(H,16,17);;;;;1H2/q;4*+1;/p-4/t4-;;;;;/m0...../s1. The van der Waals surface area contributed by atoms with Gasteiger partial charge in [-0.05, 0) is 0 Å². The number of carbonyl (C=O) groups is 4. The third-order valence-electron chi connectivity index (χ3n) is 1.74. The molecule has 14 heteroatoms. The van der Waals surface area contributed by atoms with Crippen LogP contribution in [-0.4, -0.2) is 53.4 Å². The average molecular weight is 355 g/mol. The summed E-state index contributed by atoms with van der Waals surface area (Å²) in [5, 5.41) is 41.3. The van der Waals surface area contributed by atoms with E-state index in [1.54, 1.807) is 0 Å². The van der Waals surface area contributed by atoms with Gasteiger partial charge in [0.1, 0.15) is 0 Å². The number of hydrogen-bond acceptors (Lipinski definition) is 9. The Morgan fingerprint density at radius 3 is 1.23 bits per heavy atom. The van der Waals surface area contributed by atoms with Gasteiger partial charge in [-0.15, -0.1) is 0 Å². The Hall–Kier alpha value is 1.80. The summed E-state index contributed by atoms with van der Waals surface area (Å²) >= 11 is 0. The molecule has 0 saturated heterocycles. The predicted molar refractivity (Wildman–Crippen MR) is 43.6 cm³/mol. The molecule has 0 aliphatic carbocycles. The maximum atomic E-state index is 10.6. The van der Waals surface area contributed by atoms with E-state index in [1.165, 1.54) is 0 Å². The third-order valence-corrected chi connectivity index (χ3v) is 1.74. The van der Waals surface area contributed by atoms with Gasteiger partial charge in [-0.3, -0.25) is 4.90 Å². The van der Waals surface area contributed by atoms with E-state index in [4.69, 9.17) is 0 Å². The molecule has 0 aromatic rings. The molecule has 0 aliphatic heterocycles.